The van der Waals surface area contributed by atoms with Crippen molar-refractivity contribution in [2.75, 3.05) is 31.2 Å². The van der Waals surface area contributed by atoms with Crippen LogP contribution in [-0.2, 0) is 14.3 Å². The summed E-state index contributed by atoms with van der Waals surface area (Å²) in [4.78, 5) is 29.4. The van der Waals surface area contributed by atoms with E-state index in [0.717, 1.165) is 4.90 Å². The first-order valence-corrected chi connectivity index (χ1v) is 8.91. The number of carbonyl (C=O) groups is 2. The lowest BCUT2D eigenvalue weighted by molar-refractivity contribution is -0.121. The van der Waals surface area contributed by atoms with E-state index in [1.165, 1.54) is 24.3 Å². The monoisotopic (exact) mass is 386 g/mol. The molecule has 4 rings (SSSR count). The van der Waals surface area contributed by atoms with Crippen molar-refractivity contribution in [2.45, 2.75) is 0 Å². The van der Waals surface area contributed by atoms with Gasteiger partial charge in [0.05, 0.1) is 24.5 Å². The van der Waals surface area contributed by atoms with Crippen LogP contribution in [-0.4, -0.2) is 43.0 Å². The van der Waals surface area contributed by atoms with E-state index in [1.807, 2.05) is 4.90 Å². The van der Waals surface area contributed by atoms with Crippen LogP contribution in [0.1, 0.15) is 5.56 Å². The Morgan fingerprint density at radius 3 is 2.15 bits per heavy atom. The SMILES string of the molecule is O=C1C(c2ccc(Cl)cc2)=C(N2CCOCC2)C(=O)N1c1ccc(F)cc1. The number of amides is 2. The molecular formula is C20H16ClFN2O3. The van der Waals surface area contributed by atoms with Gasteiger partial charge in [-0.05, 0) is 42.0 Å². The average molecular weight is 387 g/mol. The predicted molar refractivity (Wildman–Crippen MR) is 99.7 cm³/mol. The van der Waals surface area contributed by atoms with Crippen LogP contribution in [0.15, 0.2) is 54.2 Å². The van der Waals surface area contributed by atoms with Gasteiger partial charge in [-0.2, -0.15) is 0 Å². The summed E-state index contributed by atoms with van der Waals surface area (Å²) < 4.78 is 18.7. The van der Waals surface area contributed by atoms with Crippen molar-refractivity contribution in [3.8, 4) is 0 Å². The normalized spacial score (nSPS) is 17.9. The zero-order valence-electron chi connectivity index (χ0n) is 14.3. The molecule has 138 valence electrons. The Morgan fingerprint density at radius 1 is 0.889 bits per heavy atom. The van der Waals surface area contributed by atoms with Crippen molar-refractivity contribution < 1.29 is 18.7 Å². The number of carbonyl (C=O) groups excluding carboxylic acids is 2. The molecule has 1 saturated heterocycles. The van der Waals surface area contributed by atoms with Crippen molar-refractivity contribution in [2.24, 2.45) is 0 Å². The van der Waals surface area contributed by atoms with Crippen molar-refractivity contribution in [1.29, 1.82) is 0 Å². The second kappa shape index (κ2) is 7.13. The molecule has 2 aromatic carbocycles. The van der Waals surface area contributed by atoms with Crippen LogP contribution in [0.3, 0.4) is 0 Å². The van der Waals surface area contributed by atoms with E-state index < -0.39 is 17.6 Å². The summed E-state index contributed by atoms with van der Waals surface area (Å²) >= 11 is 5.97. The lowest BCUT2D eigenvalue weighted by atomic mass is 10.0. The molecule has 2 heterocycles. The second-order valence-electron chi connectivity index (χ2n) is 6.25. The average Bonchev–Trinajstić information content (AvgIpc) is 2.94. The van der Waals surface area contributed by atoms with E-state index in [-0.39, 0.29) is 0 Å². The molecule has 2 aromatic rings. The quantitative estimate of drug-likeness (QED) is 0.761. The van der Waals surface area contributed by atoms with Crippen molar-refractivity contribution in [3.05, 3.63) is 70.6 Å². The van der Waals surface area contributed by atoms with Gasteiger partial charge in [-0.25, -0.2) is 9.29 Å². The maximum Gasteiger partial charge on any atom is 0.282 e. The highest BCUT2D eigenvalue weighted by atomic mass is 35.5. The van der Waals surface area contributed by atoms with Crippen LogP contribution in [0.2, 0.25) is 5.02 Å². The third-order valence-corrected chi connectivity index (χ3v) is 4.86. The number of ether oxygens (including phenoxy) is 1. The number of hydrogen-bond acceptors (Lipinski definition) is 4. The maximum atomic E-state index is 13.3. The van der Waals surface area contributed by atoms with Crippen LogP contribution in [0.4, 0.5) is 10.1 Å². The lowest BCUT2D eigenvalue weighted by Crippen LogP contribution is -2.40. The summed E-state index contributed by atoms with van der Waals surface area (Å²) in [6.07, 6.45) is 0. The zero-order chi connectivity index (χ0) is 19.0. The number of imide groups is 1. The number of nitrogens with zero attached hydrogens (tertiary/aromatic N) is 2. The maximum absolute atomic E-state index is 13.3. The van der Waals surface area contributed by atoms with Gasteiger partial charge in [-0.15, -0.1) is 0 Å². The number of hydrogen-bond donors (Lipinski definition) is 0. The van der Waals surface area contributed by atoms with Gasteiger partial charge in [-0.3, -0.25) is 9.59 Å². The lowest BCUT2D eigenvalue weighted by Gasteiger charge is -2.29. The van der Waals surface area contributed by atoms with Gasteiger partial charge in [0.25, 0.3) is 11.8 Å². The first kappa shape index (κ1) is 17.7. The fourth-order valence-corrected chi connectivity index (χ4v) is 3.43. The highest BCUT2D eigenvalue weighted by molar-refractivity contribution is 6.45. The molecule has 0 N–H and O–H groups in total. The molecule has 7 heteroatoms. The molecule has 0 unspecified atom stereocenters. The van der Waals surface area contributed by atoms with Crippen LogP contribution < -0.4 is 4.90 Å². The largest absolute Gasteiger partial charge is 0.378 e. The second-order valence-corrected chi connectivity index (χ2v) is 6.69. The Kier molecular flexibility index (Phi) is 4.68. The van der Waals surface area contributed by atoms with Gasteiger partial charge in [-0.1, -0.05) is 23.7 Å². The third-order valence-electron chi connectivity index (χ3n) is 4.60. The van der Waals surface area contributed by atoms with Gasteiger partial charge < -0.3 is 9.64 Å². The van der Waals surface area contributed by atoms with Gasteiger partial charge in [0.2, 0.25) is 0 Å². The topological polar surface area (TPSA) is 49.9 Å². The molecule has 1 fully saturated rings. The summed E-state index contributed by atoms with van der Waals surface area (Å²) in [5, 5.41) is 0.541. The fourth-order valence-electron chi connectivity index (χ4n) is 3.30. The Balaban J connectivity index is 1.81. The summed E-state index contributed by atoms with van der Waals surface area (Å²) in [7, 11) is 0. The van der Waals surface area contributed by atoms with Gasteiger partial charge in [0.1, 0.15) is 11.5 Å². The number of benzene rings is 2. The summed E-state index contributed by atoms with van der Waals surface area (Å²) in [5.41, 5.74) is 1.61. The molecule has 2 aliphatic rings. The van der Waals surface area contributed by atoms with E-state index in [2.05, 4.69) is 0 Å². The minimum Gasteiger partial charge on any atom is -0.378 e. The van der Waals surface area contributed by atoms with Gasteiger partial charge >= 0.3 is 0 Å². The Hall–Kier alpha value is -2.70. The molecular weight excluding hydrogens is 371 g/mol. The minimum absolute atomic E-state index is 0.322. The van der Waals surface area contributed by atoms with E-state index in [0.29, 0.717) is 53.8 Å². The molecule has 0 bridgehead atoms. The standard InChI is InChI=1S/C20H16ClFN2O3/c21-14-3-1-13(2-4-14)17-18(23-9-11-27-12-10-23)20(26)24(19(17)25)16-7-5-15(22)6-8-16/h1-8H,9-12H2. The molecule has 0 spiro atoms. The summed E-state index contributed by atoms with van der Waals surface area (Å²) in [5.74, 6) is -1.29. The van der Waals surface area contributed by atoms with E-state index in [9.17, 15) is 14.0 Å². The molecule has 0 aromatic heterocycles. The van der Waals surface area contributed by atoms with Crippen LogP contribution in [0, 0.1) is 5.82 Å². The highest BCUT2D eigenvalue weighted by Gasteiger charge is 2.42. The molecule has 5 nitrogen and oxygen atoms in total. The molecule has 2 aliphatic heterocycles. The summed E-state index contributed by atoms with van der Waals surface area (Å²) in [6.45, 7) is 2.00. The number of anilines is 1. The zero-order valence-corrected chi connectivity index (χ0v) is 15.1. The van der Waals surface area contributed by atoms with E-state index in [1.54, 1.807) is 24.3 Å². The predicted octanol–water partition coefficient (Wildman–Crippen LogP) is 3.10. The number of morpholine rings is 1. The van der Waals surface area contributed by atoms with Gasteiger partial charge in [0.15, 0.2) is 0 Å². The molecule has 2 amide bonds. The fraction of sp³-hybridized carbons (Fsp3) is 0.200. The number of halogens is 2. The molecule has 27 heavy (non-hydrogen) atoms. The van der Waals surface area contributed by atoms with Crippen molar-refractivity contribution in [3.63, 3.8) is 0 Å². The van der Waals surface area contributed by atoms with E-state index in [4.69, 9.17) is 16.3 Å². The Morgan fingerprint density at radius 2 is 1.52 bits per heavy atom. The first-order chi connectivity index (χ1) is 13.1. The highest BCUT2D eigenvalue weighted by Crippen LogP contribution is 2.35. The van der Waals surface area contributed by atoms with Gasteiger partial charge in [0, 0.05) is 18.1 Å². The molecule has 0 atom stereocenters. The number of rotatable bonds is 3. The van der Waals surface area contributed by atoms with E-state index >= 15 is 0 Å². The molecule has 0 radical (unpaired) electrons. The minimum atomic E-state index is -0.435. The summed E-state index contributed by atoms with van der Waals surface area (Å²) in [6, 6.07) is 12.1. The van der Waals surface area contributed by atoms with Crippen LogP contribution in [0.5, 0.6) is 0 Å². The van der Waals surface area contributed by atoms with Crippen molar-refractivity contribution >= 4 is 34.7 Å². The van der Waals surface area contributed by atoms with Crippen molar-refractivity contribution in [1.82, 2.24) is 4.90 Å². The third kappa shape index (κ3) is 3.22. The Bertz CT molecular complexity index is 919. The first-order valence-electron chi connectivity index (χ1n) is 8.53. The van der Waals surface area contributed by atoms with Crippen LogP contribution in [0.25, 0.3) is 5.57 Å². The smallest absolute Gasteiger partial charge is 0.282 e. The van der Waals surface area contributed by atoms with Crippen LogP contribution >= 0.6 is 11.6 Å². The molecule has 0 aliphatic carbocycles. The Labute approximate surface area is 160 Å². The molecule has 0 saturated carbocycles.